The van der Waals surface area contributed by atoms with Gasteiger partial charge in [0, 0.05) is 25.0 Å². The Morgan fingerprint density at radius 2 is 2.00 bits per heavy atom. The van der Waals surface area contributed by atoms with Crippen LogP contribution in [0.3, 0.4) is 0 Å². The van der Waals surface area contributed by atoms with E-state index in [1.807, 2.05) is 18.2 Å². The average Bonchev–Trinajstić information content (AvgIpc) is 2.61. The monoisotopic (exact) mass is 317 g/mol. The van der Waals surface area contributed by atoms with Crippen molar-refractivity contribution in [3.63, 3.8) is 0 Å². The number of hydrogen-bond donors (Lipinski definition) is 1. The Bertz CT molecular complexity index is 615. The Kier molecular flexibility index (Phi) is 4.34. The minimum Gasteiger partial charge on any atom is -0.469 e. The molecule has 1 saturated heterocycles. The van der Waals surface area contributed by atoms with Crippen molar-refractivity contribution in [2.45, 2.75) is 6.04 Å². The predicted octanol–water partition coefficient (Wildman–Crippen LogP) is 1.45. The number of benzene rings is 1. The molecule has 1 amide bonds. The van der Waals surface area contributed by atoms with Gasteiger partial charge in [-0.1, -0.05) is 30.4 Å². The van der Waals surface area contributed by atoms with Gasteiger partial charge in [0.2, 0.25) is 0 Å². The van der Waals surface area contributed by atoms with E-state index in [-0.39, 0.29) is 30.5 Å². The predicted molar refractivity (Wildman–Crippen MR) is 81.7 cm³/mol. The summed E-state index contributed by atoms with van der Waals surface area (Å²) in [7, 11) is 1.34. The van der Waals surface area contributed by atoms with Gasteiger partial charge < -0.3 is 19.5 Å². The first-order valence-corrected chi connectivity index (χ1v) is 7.56. The number of para-hydroxylation sites is 1. The van der Waals surface area contributed by atoms with Crippen LogP contribution in [0.5, 0.6) is 5.75 Å². The molecule has 6 nitrogen and oxygen atoms in total. The number of amides is 1. The lowest BCUT2D eigenvalue weighted by atomic mass is 9.69. The zero-order valence-corrected chi connectivity index (χ0v) is 12.8. The summed E-state index contributed by atoms with van der Waals surface area (Å²) in [6.07, 6.45) is 3.31. The molecule has 1 aromatic carbocycles. The van der Waals surface area contributed by atoms with Crippen LogP contribution >= 0.6 is 0 Å². The summed E-state index contributed by atoms with van der Waals surface area (Å²) in [6.45, 7) is 0.184. The van der Waals surface area contributed by atoms with E-state index in [0.29, 0.717) is 12.3 Å². The first-order chi connectivity index (χ1) is 11.2. The number of ether oxygens (including phenoxy) is 2. The highest BCUT2D eigenvalue weighted by Gasteiger charge is 2.50. The standard InChI is InChI=1S/C17H19NO5/c1-22-16(20)15-11-7-8-14(13(15)10-19)18(9-11)17(21)23-12-5-3-2-4-6-12/h2-8,11,13-15,19H,9-10H2,1H3/t11-,13+,14-,15+/m0/s1. The summed E-state index contributed by atoms with van der Waals surface area (Å²) < 4.78 is 10.2. The summed E-state index contributed by atoms with van der Waals surface area (Å²) in [6, 6.07) is 8.45. The summed E-state index contributed by atoms with van der Waals surface area (Å²) >= 11 is 0. The number of aliphatic hydroxyl groups is 1. The Hall–Kier alpha value is -2.34. The molecule has 4 atom stereocenters. The number of carbonyl (C=O) groups excluding carboxylic acids is 2. The lowest BCUT2D eigenvalue weighted by Gasteiger charge is -2.48. The van der Waals surface area contributed by atoms with Crippen LogP contribution in [0.25, 0.3) is 0 Å². The van der Waals surface area contributed by atoms with Crippen molar-refractivity contribution in [2.75, 3.05) is 20.3 Å². The summed E-state index contributed by atoms with van der Waals surface area (Å²) in [5, 5.41) is 9.70. The third kappa shape index (κ3) is 2.82. The van der Waals surface area contributed by atoms with Gasteiger partial charge in [0.25, 0.3) is 0 Å². The lowest BCUT2D eigenvalue weighted by Crippen LogP contribution is -2.60. The number of methoxy groups -OCH3 is 1. The van der Waals surface area contributed by atoms with Crippen molar-refractivity contribution in [3.8, 4) is 5.75 Å². The van der Waals surface area contributed by atoms with Gasteiger partial charge >= 0.3 is 12.1 Å². The second-order valence-corrected chi connectivity index (χ2v) is 5.77. The number of hydrogen-bond acceptors (Lipinski definition) is 5. The molecule has 2 bridgehead atoms. The molecule has 2 aliphatic heterocycles. The van der Waals surface area contributed by atoms with E-state index in [1.165, 1.54) is 7.11 Å². The summed E-state index contributed by atoms with van der Waals surface area (Å²) in [5.74, 6) is -0.865. The molecular formula is C17H19NO5. The fraction of sp³-hybridized carbons (Fsp3) is 0.412. The van der Waals surface area contributed by atoms with E-state index >= 15 is 0 Å². The van der Waals surface area contributed by atoms with Crippen LogP contribution in [-0.2, 0) is 9.53 Å². The van der Waals surface area contributed by atoms with Crippen LogP contribution in [0, 0.1) is 17.8 Å². The molecule has 3 aliphatic rings. The highest BCUT2D eigenvalue weighted by molar-refractivity contribution is 5.76. The Labute approximate surface area is 134 Å². The molecule has 0 unspecified atom stereocenters. The number of aliphatic hydroxyl groups excluding tert-OH is 1. The maximum atomic E-state index is 12.4. The van der Waals surface area contributed by atoms with Crippen LogP contribution < -0.4 is 4.74 Å². The Balaban J connectivity index is 1.78. The second-order valence-electron chi connectivity index (χ2n) is 5.77. The summed E-state index contributed by atoms with van der Waals surface area (Å²) in [5.41, 5.74) is 0. The van der Waals surface area contributed by atoms with Crippen LogP contribution in [0.1, 0.15) is 0 Å². The number of fused-ring (bicyclic) bond motifs is 2. The maximum Gasteiger partial charge on any atom is 0.415 e. The SMILES string of the molecule is COC(=O)[C@H]1[C@H](CO)[C@@H]2C=C[C@H]1CN2C(=O)Oc1ccccc1. The van der Waals surface area contributed by atoms with Gasteiger partial charge in [-0.2, -0.15) is 0 Å². The van der Waals surface area contributed by atoms with Gasteiger partial charge in [-0.25, -0.2) is 4.79 Å². The number of carbonyl (C=O) groups is 2. The second kappa shape index (κ2) is 6.42. The fourth-order valence-electron chi connectivity index (χ4n) is 3.46. The Morgan fingerprint density at radius 1 is 1.26 bits per heavy atom. The molecular weight excluding hydrogens is 298 g/mol. The largest absolute Gasteiger partial charge is 0.469 e. The number of nitrogens with zero attached hydrogens (tertiary/aromatic N) is 1. The van der Waals surface area contributed by atoms with Crippen molar-refractivity contribution < 1.29 is 24.2 Å². The quantitative estimate of drug-likeness (QED) is 0.674. The van der Waals surface area contributed by atoms with Crippen molar-refractivity contribution in [3.05, 3.63) is 42.5 Å². The molecule has 23 heavy (non-hydrogen) atoms. The third-order valence-electron chi connectivity index (χ3n) is 4.55. The minimum atomic E-state index is -0.475. The number of rotatable bonds is 3. The molecule has 1 fully saturated rings. The molecule has 0 radical (unpaired) electrons. The molecule has 6 heteroatoms. The van der Waals surface area contributed by atoms with Crippen LogP contribution in [0.4, 0.5) is 4.79 Å². The Morgan fingerprint density at radius 3 is 2.65 bits per heavy atom. The number of esters is 1. The van der Waals surface area contributed by atoms with Crippen LogP contribution in [-0.4, -0.2) is 48.4 Å². The van der Waals surface area contributed by atoms with E-state index in [1.54, 1.807) is 29.2 Å². The van der Waals surface area contributed by atoms with E-state index in [9.17, 15) is 14.7 Å². The molecule has 1 aliphatic carbocycles. The van der Waals surface area contributed by atoms with Crippen molar-refractivity contribution in [1.29, 1.82) is 0 Å². The van der Waals surface area contributed by atoms with E-state index in [2.05, 4.69) is 0 Å². The maximum absolute atomic E-state index is 12.4. The molecule has 0 saturated carbocycles. The highest BCUT2D eigenvalue weighted by Crippen LogP contribution is 2.40. The fourth-order valence-corrected chi connectivity index (χ4v) is 3.46. The molecule has 0 aromatic heterocycles. The zero-order valence-electron chi connectivity index (χ0n) is 12.8. The topological polar surface area (TPSA) is 76.1 Å². The molecule has 1 N–H and O–H groups in total. The third-order valence-corrected chi connectivity index (χ3v) is 4.55. The van der Waals surface area contributed by atoms with Gasteiger partial charge in [-0.3, -0.25) is 4.79 Å². The smallest absolute Gasteiger partial charge is 0.415 e. The van der Waals surface area contributed by atoms with Crippen molar-refractivity contribution >= 4 is 12.1 Å². The van der Waals surface area contributed by atoms with Gasteiger partial charge in [0.05, 0.1) is 19.1 Å². The number of piperidine rings is 1. The molecule has 2 heterocycles. The van der Waals surface area contributed by atoms with E-state index in [4.69, 9.17) is 9.47 Å². The highest BCUT2D eigenvalue weighted by atomic mass is 16.6. The minimum absolute atomic E-state index is 0.173. The average molecular weight is 317 g/mol. The molecule has 122 valence electrons. The molecule has 0 spiro atoms. The van der Waals surface area contributed by atoms with Gasteiger partial charge in [0.1, 0.15) is 5.75 Å². The van der Waals surface area contributed by atoms with Crippen molar-refractivity contribution in [2.24, 2.45) is 17.8 Å². The first kappa shape index (κ1) is 15.6. The zero-order chi connectivity index (χ0) is 16.4. The van der Waals surface area contributed by atoms with E-state index < -0.39 is 12.0 Å². The normalized spacial score (nSPS) is 28.5. The van der Waals surface area contributed by atoms with Crippen molar-refractivity contribution in [1.82, 2.24) is 4.90 Å². The lowest BCUT2D eigenvalue weighted by molar-refractivity contribution is -0.154. The van der Waals surface area contributed by atoms with Gasteiger partial charge in [0.15, 0.2) is 0 Å². The molecule has 1 aromatic rings. The summed E-state index contributed by atoms with van der Waals surface area (Å²) in [4.78, 5) is 26.0. The van der Waals surface area contributed by atoms with Gasteiger partial charge in [-0.15, -0.1) is 0 Å². The van der Waals surface area contributed by atoms with Gasteiger partial charge in [-0.05, 0) is 12.1 Å². The van der Waals surface area contributed by atoms with Crippen LogP contribution in [0.15, 0.2) is 42.5 Å². The van der Waals surface area contributed by atoms with E-state index in [0.717, 1.165) is 0 Å². The van der Waals surface area contributed by atoms with Crippen LogP contribution in [0.2, 0.25) is 0 Å². The molecule has 4 rings (SSSR count). The first-order valence-electron chi connectivity index (χ1n) is 7.56.